The van der Waals surface area contributed by atoms with Crippen molar-refractivity contribution in [2.75, 3.05) is 5.32 Å². The molecule has 4 nitrogen and oxygen atoms in total. The van der Waals surface area contributed by atoms with E-state index in [9.17, 15) is 4.79 Å². The number of furan rings is 1. The highest BCUT2D eigenvalue weighted by Crippen LogP contribution is 2.30. The third-order valence-electron chi connectivity index (χ3n) is 4.98. The lowest BCUT2D eigenvalue weighted by molar-refractivity contribution is 0.0979. The fourth-order valence-corrected chi connectivity index (χ4v) is 4.05. The molecule has 30 heavy (non-hydrogen) atoms. The molecule has 5 rings (SSSR count). The van der Waals surface area contributed by atoms with Gasteiger partial charge in [-0.1, -0.05) is 54.1 Å². The molecule has 0 unspecified atom stereocenters. The number of halogens is 1. The molecule has 0 aliphatic rings. The first-order chi connectivity index (χ1) is 14.6. The number of para-hydroxylation sites is 1. The molecule has 0 spiro atoms. The van der Waals surface area contributed by atoms with Crippen molar-refractivity contribution in [2.24, 2.45) is 0 Å². The van der Waals surface area contributed by atoms with E-state index in [0.717, 1.165) is 38.4 Å². The van der Waals surface area contributed by atoms with Crippen LogP contribution in [0.2, 0.25) is 5.02 Å². The van der Waals surface area contributed by atoms with Crippen LogP contribution >= 0.6 is 23.8 Å². The minimum atomic E-state index is -0.301. The summed E-state index contributed by atoms with van der Waals surface area (Å²) < 4.78 is 5.90. The van der Waals surface area contributed by atoms with Gasteiger partial charge in [0.05, 0.1) is 0 Å². The van der Waals surface area contributed by atoms with Crippen LogP contribution in [-0.4, -0.2) is 11.0 Å². The van der Waals surface area contributed by atoms with Gasteiger partial charge in [-0.25, -0.2) is 0 Å². The third kappa shape index (κ3) is 3.28. The highest BCUT2D eigenvalue weighted by atomic mass is 35.5. The topological polar surface area (TPSA) is 54.3 Å². The third-order valence-corrected chi connectivity index (χ3v) is 5.51. The molecule has 0 saturated heterocycles. The number of thiocarbonyl (C=S) groups is 1. The van der Waals surface area contributed by atoms with E-state index in [-0.39, 0.29) is 11.0 Å². The number of rotatable bonds is 2. The first-order valence-corrected chi connectivity index (χ1v) is 10.1. The molecule has 0 fully saturated rings. The Morgan fingerprint density at radius 1 is 0.800 bits per heavy atom. The van der Waals surface area contributed by atoms with E-state index in [1.54, 1.807) is 18.2 Å². The van der Waals surface area contributed by atoms with Crippen LogP contribution in [0.25, 0.3) is 32.7 Å². The van der Waals surface area contributed by atoms with Gasteiger partial charge in [0.25, 0.3) is 5.91 Å². The van der Waals surface area contributed by atoms with Crippen LogP contribution in [-0.2, 0) is 0 Å². The predicted molar refractivity (Wildman–Crippen MR) is 126 cm³/mol. The van der Waals surface area contributed by atoms with Gasteiger partial charge in [0.2, 0.25) is 0 Å². The monoisotopic (exact) mass is 430 g/mol. The Balaban J connectivity index is 1.38. The molecular weight excluding hydrogens is 416 g/mol. The van der Waals surface area contributed by atoms with Gasteiger partial charge in [0.1, 0.15) is 11.2 Å². The second kappa shape index (κ2) is 7.44. The van der Waals surface area contributed by atoms with Gasteiger partial charge in [-0.05, 0) is 47.9 Å². The standard InChI is InChI=1S/C24H15ClN2O2S/c25-20-9-4-6-15-16(20)7-3-8-19(15)23(28)27-24(30)26-14-11-12-18-17-5-1-2-10-21(17)29-22(18)13-14/h1-13H,(H2,26,27,28,30). The number of carbonyl (C=O) groups excluding carboxylic acids is 1. The van der Waals surface area contributed by atoms with Crippen molar-refractivity contribution in [3.63, 3.8) is 0 Å². The van der Waals surface area contributed by atoms with Crippen LogP contribution in [0.5, 0.6) is 0 Å². The Labute approximate surface area is 182 Å². The van der Waals surface area contributed by atoms with E-state index >= 15 is 0 Å². The molecule has 0 atom stereocenters. The largest absolute Gasteiger partial charge is 0.456 e. The zero-order valence-corrected chi connectivity index (χ0v) is 17.2. The maximum absolute atomic E-state index is 12.8. The molecule has 0 aliphatic heterocycles. The summed E-state index contributed by atoms with van der Waals surface area (Å²) in [6.07, 6.45) is 0. The first-order valence-electron chi connectivity index (χ1n) is 9.31. The predicted octanol–water partition coefficient (Wildman–Crippen LogP) is 6.52. The molecule has 0 saturated carbocycles. The van der Waals surface area contributed by atoms with E-state index in [1.807, 2.05) is 60.7 Å². The SMILES string of the molecule is O=C(NC(=S)Nc1ccc2c(c1)oc1ccccc12)c1cccc2c(Cl)cccc12. The quantitative estimate of drug-likeness (QED) is 0.313. The molecule has 1 heterocycles. The average molecular weight is 431 g/mol. The van der Waals surface area contributed by atoms with Gasteiger partial charge in [-0.3, -0.25) is 10.1 Å². The van der Waals surface area contributed by atoms with Crippen LogP contribution in [0.4, 0.5) is 5.69 Å². The van der Waals surface area contributed by atoms with Crippen molar-refractivity contribution in [1.29, 1.82) is 0 Å². The van der Waals surface area contributed by atoms with Gasteiger partial charge < -0.3 is 9.73 Å². The minimum absolute atomic E-state index is 0.203. The van der Waals surface area contributed by atoms with Crippen LogP contribution < -0.4 is 10.6 Å². The number of benzene rings is 4. The van der Waals surface area contributed by atoms with Gasteiger partial charge in [-0.15, -0.1) is 0 Å². The Morgan fingerprint density at radius 2 is 1.53 bits per heavy atom. The number of fused-ring (bicyclic) bond motifs is 4. The second-order valence-corrected chi connectivity index (χ2v) is 7.67. The molecule has 6 heteroatoms. The number of hydrogen-bond donors (Lipinski definition) is 2. The molecular formula is C24H15ClN2O2S. The Bertz CT molecular complexity index is 1460. The molecule has 2 N–H and O–H groups in total. The Morgan fingerprint density at radius 3 is 2.43 bits per heavy atom. The summed E-state index contributed by atoms with van der Waals surface area (Å²) in [4.78, 5) is 12.8. The van der Waals surface area contributed by atoms with E-state index in [2.05, 4.69) is 10.6 Å². The second-order valence-electron chi connectivity index (χ2n) is 6.86. The Kier molecular flexibility index (Phi) is 4.62. The van der Waals surface area contributed by atoms with Gasteiger partial charge in [-0.2, -0.15) is 0 Å². The molecule has 4 aromatic carbocycles. The first kappa shape index (κ1) is 18.6. The normalized spacial score (nSPS) is 11.1. The molecule has 146 valence electrons. The number of anilines is 1. The molecule has 0 bridgehead atoms. The summed E-state index contributed by atoms with van der Waals surface area (Å²) in [6.45, 7) is 0. The fourth-order valence-electron chi connectivity index (χ4n) is 3.61. The highest BCUT2D eigenvalue weighted by molar-refractivity contribution is 7.80. The zero-order chi connectivity index (χ0) is 20.7. The average Bonchev–Trinajstić information content (AvgIpc) is 3.11. The summed E-state index contributed by atoms with van der Waals surface area (Å²) in [5.74, 6) is -0.301. The fraction of sp³-hybridized carbons (Fsp3) is 0. The molecule has 1 aromatic heterocycles. The summed E-state index contributed by atoms with van der Waals surface area (Å²) in [6, 6.07) is 24.5. The lowest BCUT2D eigenvalue weighted by Gasteiger charge is -2.11. The van der Waals surface area contributed by atoms with E-state index in [0.29, 0.717) is 10.6 Å². The summed E-state index contributed by atoms with van der Waals surface area (Å²) in [7, 11) is 0. The van der Waals surface area contributed by atoms with Crippen molar-refractivity contribution in [3.05, 3.63) is 89.4 Å². The smallest absolute Gasteiger partial charge is 0.258 e. The van der Waals surface area contributed by atoms with Gasteiger partial charge in [0, 0.05) is 38.5 Å². The summed E-state index contributed by atoms with van der Waals surface area (Å²) in [5, 5.41) is 10.3. The summed E-state index contributed by atoms with van der Waals surface area (Å²) >= 11 is 11.6. The number of nitrogens with one attached hydrogen (secondary N) is 2. The number of amides is 1. The minimum Gasteiger partial charge on any atom is -0.456 e. The molecule has 5 aromatic rings. The maximum Gasteiger partial charge on any atom is 0.258 e. The van der Waals surface area contributed by atoms with Crippen molar-refractivity contribution in [2.45, 2.75) is 0 Å². The van der Waals surface area contributed by atoms with Crippen molar-refractivity contribution >= 4 is 73.2 Å². The highest BCUT2D eigenvalue weighted by Gasteiger charge is 2.13. The van der Waals surface area contributed by atoms with E-state index in [4.69, 9.17) is 28.2 Å². The number of hydrogen-bond acceptors (Lipinski definition) is 3. The van der Waals surface area contributed by atoms with Crippen molar-refractivity contribution in [1.82, 2.24) is 5.32 Å². The lowest BCUT2D eigenvalue weighted by Crippen LogP contribution is -2.34. The molecule has 1 amide bonds. The van der Waals surface area contributed by atoms with E-state index in [1.165, 1.54) is 0 Å². The van der Waals surface area contributed by atoms with Crippen LogP contribution in [0.1, 0.15) is 10.4 Å². The van der Waals surface area contributed by atoms with Crippen LogP contribution in [0, 0.1) is 0 Å². The van der Waals surface area contributed by atoms with Crippen LogP contribution in [0.15, 0.2) is 83.3 Å². The van der Waals surface area contributed by atoms with Crippen LogP contribution in [0.3, 0.4) is 0 Å². The Hall–Kier alpha value is -3.41. The van der Waals surface area contributed by atoms with E-state index < -0.39 is 0 Å². The van der Waals surface area contributed by atoms with Crippen molar-refractivity contribution < 1.29 is 9.21 Å². The van der Waals surface area contributed by atoms with Gasteiger partial charge >= 0.3 is 0 Å². The van der Waals surface area contributed by atoms with Gasteiger partial charge in [0.15, 0.2) is 5.11 Å². The van der Waals surface area contributed by atoms with Crippen molar-refractivity contribution in [3.8, 4) is 0 Å². The summed E-state index contributed by atoms with van der Waals surface area (Å²) in [5.41, 5.74) is 2.81. The lowest BCUT2D eigenvalue weighted by atomic mass is 10.0. The number of carbonyl (C=O) groups is 1. The zero-order valence-electron chi connectivity index (χ0n) is 15.6. The molecule has 0 radical (unpaired) electrons. The molecule has 0 aliphatic carbocycles. The maximum atomic E-state index is 12.8.